The van der Waals surface area contributed by atoms with E-state index < -0.39 is 6.10 Å². The molecule has 2 N–H and O–H groups in total. The van der Waals surface area contributed by atoms with Gasteiger partial charge in [0.15, 0.2) is 0 Å². The molecule has 1 aromatic heterocycles. The van der Waals surface area contributed by atoms with Gasteiger partial charge in [0.25, 0.3) is 0 Å². The highest BCUT2D eigenvalue weighted by Crippen LogP contribution is 2.30. The lowest BCUT2D eigenvalue weighted by Gasteiger charge is -2.17. The second-order valence-corrected chi connectivity index (χ2v) is 6.33. The molecule has 0 saturated carbocycles. The van der Waals surface area contributed by atoms with Crippen molar-refractivity contribution < 1.29 is 5.11 Å². The lowest BCUT2D eigenvalue weighted by atomic mass is 9.98. The molecule has 2 rings (SSSR count). The van der Waals surface area contributed by atoms with Gasteiger partial charge < -0.3 is 10.4 Å². The maximum absolute atomic E-state index is 10.2. The Morgan fingerprint density at radius 1 is 1.56 bits per heavy atom. The van der Waals surface area contributed by atoms with E-state index in [9.17, 15) is 5.11 Å². The Labute approximate surface area is 101 Å². The number of aliphatic hydroxyl groups is 1. The SMILES string of the molecule is CC(C)(C)c1nc(C(O)C2CCCN2)cs1. The lowest BCUT2D eigenvalue weighted by Crippen LogP contribution is -2.29. The van der Waals surface area contributed by atoms with Crippen LogP contribution in [-0.2, 0) is 5.41 Å². The first-order valence-corrected chi connectivity index (χ1v) is 6.74. The summed E-state index contributed by atoms with van der Waals surface area (Å²) in [6, 6.07) is 0.190. The minimum atomic E-state index is -0.449. The highest BCUT2D eigenvalue weighted by atomic mass is 32.1. The van der Waals surface area contributed by atoms with Gasteiger partial charge in [0.2, 0.25) is 0 Å². The molecule has 0 radical (unpaired) electrons. The van der Waals surface area contributed by atoms with Gasteiger partial charge in [-0.05, 0) is 19.4 Å². The van der Waals surface area contributed by atoms with Gasteiger partial charge in [-0.25, -0.2) is 4.98 Å². The summed E-state index contributed by atoms with van der Waals surface area (Å²) in [7, 11) is 0. The van der Waals surface area contributed by atoms with E-state index in [2.05, 4.69) is 31.1 Å². The summed E-state index contributed by atoms with van der Waals surface area (Å²) in [5, 5.41) is 16.6. The molecule has 0 aliphatic carbocycles. The molecule has 2 unspecified atom stereocenters. The van der Waals surface area contributed by atoms with E-state index in [1.54, 1.807) is 11.3 Å². The van der Waals surface area contributed by atoms with Crippen LogP contribution in [0.5, 0.6) is 0 Å². The fraction of sp³-hybridized carbons (Fsp3) is 0.750. The number of aliphatic hydroxyl groups excluding tert-OH is 1. The minimum absolute atomic E-state index is 0.0751. The Bertz CT molecular complexity index is 350. The smallest absolute Gasteiger partial charge is 0.112 e. The number of hydrogen-bond acceptors (Lipinski definition) is 4. The third-order valence-electron chi connectivity index (χ3n) is 2.95. The first-order chi connectivity index (χ1) is 7.48. The predicted molar refractivity (Wildman–Crippen MR) is 66.8 cm³/mol. The molecule has 0 amide bonds. The molecule has 4 heteroatoms. The zero-order valence-electron chi connectivity index (χ0n) is 10.2. The van der Waals surface area contributed by atoms with Crippen LogP contribution in [0.2, 0.25) is 0 Å². The number of hydrogen-bond donors (Lipinski definition) is 2. The van der Waals surface area contributed by atoms with E-state index in [1.807, 2.05) is 5.38 Å². The zero-order chi connectivity index (χ0) is 11.8. The van der Waals surface area contributed by atoms with Crippen LogP contribution >= 0.6 is 11.3 Å². The third-order valence-corrected chi connectivity index (χ3v) is 4.23. The van der Waals surface area contributed by atoms with Crippen molar-refractivity contribution >= 4 is 11.3 Å². The molecule has 0 bridgehead atoms. The van der Waals surface area contributed by atoms with Crippen LogP contribution in [0.1, 0.15) is 50.4 Å². The Kier molecular flexibility index (Phi) is 3.33. The van der Waals surface area contributed by atoms with E-state index in [4.69, 9.17) is 0 Å². The van der Waals surface area contributed by atoms with Crippen molar-refractivity contribution in [2.24, 2.45) is 0 Å². The summed E-state index contributed by atoms with van der Waals surface area (Å²) in [5.41, 5.74) is 0.903. The number of nitrogens with one attached hydrogen (secondary N) is 1. The summed E-state index contributed by atoms with van der Waals surface area (Å²) < 4.78 is 0. The molecular weight excluding hydrogens is 220 g/mol. The van der Waals surface area contributed by atoms with Crippen molar-refractivity contribution in [2.75, 3.05) is 6.54 Å². The van der Waals surface area contributed by atoms with Gasteiger partial charge in [0.05, 0.1) is 10.7 Å². The van der Waals surface area contributed by atoms with Crippen molar-refractivity contribution in [1.82, 2.24) is 10.3 Å². The molecule has 1 aromatic rings. The van der Waals surface area contributed by atoms with Crippen molar-refractivity contribution in [3.63, 3.8) is 0 Å². The van der Waals surface area contributed by atoms with Crippen LogP contribution in [0.4, 0.5) is 0 Å². The molecule has 1 saturated heterocycles. The minimum Gasteiger partial charge on any atom is -0.385 e. The summed E-state index contributed by atoms with van der Waals surface area (Å²) in [6.45, 7) is 7.46. The maximum Gasteiger partial charge on any atom is 0.112 e. The Balaban J connectivity index is 2.12. The zero-order valence-corrected chi connectivity index (χ0v) is 11.0. The van der Waals surface area contributed by atoms with Gasteiger partial charge in [-0.1, -0.05) is 20.8 Å². The maximum atomic E-state index is 10.2. The van der Waals surface area contributed by atoms with Gasteiger partial charge in [-0.2, -0.15) is 0 Å². The highest BCUT2D eigenvalue weighted by molar-refractivity contribution is 7.09. The molecule has 1 aliphatic heterocycles. The van der Waals surface area contributed by atoms with Gasteiger partial charge in [0.1, 0.15) is 6.10 Å². The topological polar surface area (TPSA) is 45.2 Å². The van der Waals surface area contributed by atoms with Crippen molar-refractivity contribution in [3.8, 4) is 0 Å². The molecule has 1 aliphatic rings. The van der Waals surface area contributed by atoms with Crippen LogP contribution in [0.15, 0.2) is 5.38 Å². The van der Waals surface area contributed by atoms with E-state index in [-0.39, 0.29) is 11.5 Å². The van der Waals surface area contributed by atoms with Crippen LogP contribution in [-0.4, -0.2) is 22.7 Å². The first-order valence-electron chi connectivity index (χ1n) is 5.86. The molecule has 90 valence electrons. The van der Waals surface area contributed by atoms with E-state index >= 15 is 0 Å². The van der Waals surface area contributed by atoms with E-state index in [0.717, 1.165) is 30.1 Å². The molecule has 0 spiro atoms. The Hall–Kier alpha value is -0.450. The molecule has 2 heterocycles. The summed E-state index contributed by atoms with van der Waals surface area (Å²) in [5.74, 6) is 0. The second-order valence-electron chi connectivity index (χ2n) is 5.48. The van der Waals surface area contributed by atoms with Gasteiger partial charge in [-0.3, -0.25) is 0 Å². The first kappa shape index (κ1) is 12.0. The average Bonchev–Trinajstić information content (AvgIpc) is 2.87. The third kappa shape index (κ3) is 2.44. The highest BCUT2D eigenvalue weighted by Gasteiger charge is 2.27. The summed E-state index contributed by atoms with van der Waals surface area (Å²) in [6.07, 6.45) is 1.75. The Morgan fingerprint density at radius 3 is 2.81 bits per heavy atom. The van der Waals surface area contributed by atoms with Gasteiger partial charge >= 0.3 is 0 Å². The van der Waals surface area contributed by atoms with Crippen LogP contribution in [0.3, 0.4) is 0 Å². The molecule has 2 atom stereocenters. The fourth-order valence-electron chi connectivity index (χ4n) is 1.95. The van der Waals surface area contributed by atoms with Crippen molar-refractivity contribution in [3.05, 3.63) is 16.1 Å². The molecule has 16 heavy (non-hydrogen) atoms. The van der Waals surface area contributed by atoms with Crippen LogP contribution in [0, 0.1) is 0 Å². The number of nitrogens with zero attached hydrogens (tertiary/aromatic N) is 1. The lowest BCUT2D eigenvalue weighted by molar-refractivity contribution is 0.133. The molecule has 1 fully saturated rings. The van der Waals surface area contributed by atoms with E-state index in [0.29, 0.717) is 0 Å². The number of aromatic nitrogens is 1. The monoisotopic (exact) mass is 240 g/mol. The fourth-order valence-corrected chi connectivity index (χ4v) is 2.89. The average molecular weight is 240 g/mol. The number of rotatable bonds is 2. The molecule has 0 aromatic carbocycles. The number of thiazole rings is 1. The standard InChI is InChI=1S/C12H20N2OS/c1-12(2,3)11-14-9(7-16-11)10(15)8-5-4-6-13-8/h7-8,10,13,15H,4-6H2,1-3H3. The normalized spacial score (nSPS) is 23.6. The quantitative estimate of drug-likeness (QED) is 0.833. The van der Waals surface area contributed by atoms with Crippen molar-refractivity contribution in [2.45, 2.75) is 51.2 Å². The van der Waals surface area contributed by atoms with Crippen LogP contribution in [0.25, 0.3) is 0 Å². The molecule has 3 nitrogen and oxygen atoms in total. The summed E-state index contributed by atoms with van der Waals surface area (Å²) >= 11 is 1.64. The van der Waals surface area contributed by atoms with Crippen LogP contribution < -0.4 is 5.32 Å². The summed E-state index contributed by atoms with van der Waals surface area (Å²) in [4.78, 5) is 4.55. The molecular formula is C12H20N2OS. The second kappa shape index (κ2) is 4.43. The largest absolute Gasteiger partial charge is 0.385 e. The van der Waals surface area contributed by atoms with Gasteiger partial charge in [-0.15, -0.1) is 11.3 Å². The van der Waals surface area contributed by atoms with Crippen molar-refractivity contribution in [1.29, 1.82) is 0 Å². The Morgan fingerprint density at radius 2 is 2.31 bits per heavy atom. The van der Waals surface area contributed by atoms with E-state index in [1.165, 1.54) is 0 Å². The van der Waals surface area contributed by atoms with Gasteiger partial charge in [0, 0.05) is 16.8 Å². The predicted octanol–water partition coefficient (Wildman–Crippen LogP) is 2.23.